The molecule has 0 fully saturated rings. The Morgan fingerprint density at radius 1 is 0.692 bits per heavy atom. The summed E-state index contributed by atoms with van der Waals surface area (Å²) in [5, 5.41) is 0. The summed E-state index contributed by atoms with van der Waals surface area (Å²) in [6, 6.07) is 20.7. The highest BCUT2D eigenvalue weighted by atomic mass is 19.4. The van der Waals surface area contributed by atoms with Gasteiger partial charge in [-0.1, -0.05) is 42.5 Å². The third-order valence-corrected chi connectivity index (χ3v) is 4.47. The van der Waals surface area contributed by atoms with Crippen LogP contribution in [0.2, 0.25) is 0 Å². The summed E-state index contributed by atoms with van der Waals surface area (Å²) >= 11 is 0. The van der Waals surface area contributed by atoms with Crippen molar-refractivity contribution in [3.8, 4) is 11.5 Å². The summed E-state index contributed by atoms with van der Waals surface area (Å²) in [5.41, 5.74) is 4.47. The van der Waals surface area contributed by atoms with E-state index >= 15 is 0 Å². The second-order valence-corrected chi connectivity index (χ2v) is 6.18. The van der Waals surface area contributed by atoms with Crippen LogP contribution in [0.4, 0.5) is 18.9 Å². The minimum atomic E-state index is -4.44. The summed E-state index contributed by atoms with van der Waals surface area (Å²) in [6.45, 7) is 1.19. The first-order chi connectivity index (χ1) is 12.3. The number of ether oxygens (including phenoxy) is 1. The molecule has 3 rings (SSSR count). The van der Waals surface area contributed by atoms with Gasteiger partial charge in [0, 0.05) is 5.69 Å². The molecular weight excluding hydrogens is 339 g/mol. The molecule has 0 spiro atoms. The molecule has 0 amide bonds. The lowest BCUT2D eigenvalue weighted by Crippen LogP contribution is -2.40. The van der Waals surface area contributed by atoms with E-state index in [0.717, 1.165) is 0 Å². The second kappa shape index (κ2) is 6.75. The number of hydrogen-bond acceptors (Lipinski definition) is 2. The first-order valence-corrected chi connectivity index (χ1v) is 8.07. The van der Waals surface area contributed by atoms with Crippen molar-refractivity contribution in [1.29, 1.82) is 0 Å². The minimum absolute atomic E-state index is 0.154. The number of rotatable bonds is 4. The van der Waals surface area contributed by atoms with Gasteiger partial charge in [0.15, 0.2) is 0 Å². The molecule has 2 N–H and O–H groups in total. The lowest BCUT2D eigenvalue weighted by molar-refractivity contribution is -0.173. The summed E-state index contributed by atoms with van der Waals surface area (Å²) in [6.07, 6.45) is -4.44. The van der Waals surface area contributed by atoms with Crippen molar-refractivity contribution in [1.82, 2.24) is 0 Å². The predicted molar refractivity (Wildman–Crippen MR) is 96.3 cm³/mol. The van der Waals surface area contributed by atoms with Crippen LogP contribution in [-0.2, 0) is 5.41 Å². The molecule has 3 aromatic rings. The molecule has 0 aliphatic heterocycles. The highest BCUT2D eigenvalue weighted by Crippen LogP contribution is 2.46. The number of benzene rings is 3. The van der Waals surface area contributed by atoms with E-state index in [2.05, 4.69) is 0 Å². The van der Waals surface area contributed by atoms with Crippen LogP contribution >= 0.6 is 0 Å². The molecule has 0 heterocycles. The second-order valence-electron chi connectivity index (χ2n) is 6.18. The van der Waals surface area contributed by atoms with Crippen LogP contribution in [0.15, 0.2) is 78.9 Å². The van der Waals surface area contributed by atoms with E-state index < -0.39 is 11.6 Å². The first kappa shape index (κ1) is 17.9. The van der Waals surface area contributed by atoms with E-state index in [-0.39, 0.29) is 11.1 Å². The molecule has 0 aliphatic carbocycles. The van der Waals surface area contributed by atoms with Gasteiger partial charge in [-0.15, -0.1) is 0 Å². The van der Waals surface area contributed by atoms with Gasteiger partial charge in [0.1, 0.15) is 16.9 Å². The molecule has 0 bridgehead atoms. The van der Waals surface area contributed by atoms with E-state index in [1.54, 1.807) is 54.6 Å². The third kappa shape index (κ3) is 3.38. The van der Waals surface area contributed by atoms with Gasteiger partial charge in [-0.25, -0.2) is 0 Å². The monoisotopic (exact) mass is 357 g/mol. The van der Waals surface area contributed by atoms with Crippen LogP contribution in [0.5, 0.6) is 11.5 Å². The van der Waals surface area contributed by atoms with E-state index in [9.17, 15) is 13.2 Å². The fraction of sp³-hybridized carbons (Fsp3) is 0.143. The van der Waals surface area contributed by atoms with Crippen LogP contribution in [0, 0.1) is 0 Å². The molecule has 0 aromatic heterocycles. The van der Waals surface area contributed by atoms with Gasteiger partial charge in [-0.2, -0.15) is 13.2 Å². The van der Waals surface area contributed by atoms with Gasteiger partial charge in [0.05, 0.1) is 0 Å². The molecule has 0 saturated heterocycles. The SMILES string of the molecule is CC(c1ccccc1)(c1ccc(Oc2ccc(N)cc2)cc1)C(F)(F)F. The number of halogens is 3. The van der Waals surface area contributed by atoms with Crippen molar-refractivity contribution >= 4 is 5.69 Å². The van der Waals surface area contributed by atoms with Crippen molar-refractivity contribution in [2.24, 2.45) is 0 Å². The number of nitrogens with two attached hydrogens (primary N) is 1. The molecule has 3 aromatic carbocycles. The van der Waals surface area contributed by atoms with Crippen molar-refractivity contribution in [3.63, 3.8) is 0 Å². The average Bonchev–Trinajstić information content (AvgIpc) is 2.63. The minimum Gasteiger partial charge on any atom is -0.457 e. The van der Waals surface area contributed by atoms with Crippen LogP contribution in [0.25, 0.3) is 0 Å². The van der Waals surface area contributed by atoms with Gasteiger partial charge in [-0.3, -0.25) is 0 Å². The zero-order chi connectivity index (χ0) is 18.8. The highest BCUT2D eigenvalue weighted by molar-refractivity contribution is 5.45. The number of hydrogen-bond donors (Lipinski definition) is 1. The van der Waals surface area contributed by atoms with Gasteiger partial charge in [0.25, 0.3) is 0 Å². The molecule has 1 unspecified atom stereocenters. The smallest absolute Gasteiger partial charge is 0.402 e. The molecule has 1 atom stereocenters. The predicted octanol–water partition coefficient (Wildman–Crippen LogP) is 5.93. The maximum absolute atomic E-state index is 13.9. The van der Waals surface area contributed by atoms with Crippen molar-refractivity contribution in [2.45, 2.75) is 18.5 Å². The summed E-state index contributed by atoms with van der Waals surface area (Å²) < 4.78 is 47.4. The molecule has 134 valence electrons. The maximum atomic E-state index is 13.9. The lowest BCUT2D eigenvalue weighted by atomic mass is 9.75. The molecule has 26 heavy (non-hydrogen) atoms. The highest BCUT2D eigenvalue weighted by Gasteiger charge is 2.53. The van der Waals surface area contributed by atoms with Gasteiger partial charge < -0.3 is 10.5 Å². The molecule has 5 heteroatoms. The molecule has 2 nitrogen and oxygen atoms in total. The normalized spacial score (nSPS) is 13.8. The molecular formula is C21H18F3NO. The number of anilines is 1. The Balaban J connectivity index is 1.93. The van der Waals surface area contributed by atoms with Crippen LogP contribution in [0.1, 0.15) is 18.1 Å². The van der Waals surface area contributed by atoms with E-state index in [1.807, 2.05) is 0 Å². The first-order valence-electron chi connectivity index (χ1n) is 8.07. The largest absolute Gasteiger partial charge is 0.457 e. The summed E-state index contributed by atoms with van der Waals surface area (Å²) in [7, 11) is 0. The Labute approximate surface area is 150 Å². The fourth-order valence-electron chi connectivity index (χ4n) is 2.79. The Kier molecular flexibility index (Phi) is 4.64. The Hall–Kier alpha value is -2.95. The quantitative estimate of drug-likeness (QED) is 0.587. The topological polar surface area (TPSA) is 35.2 Å². The van der Waals surface area contributed by atoms with Crippen LogP contribution in [-0.4, -0.2) is 6.18 Å². The molecule has 0 saturated carbocycles. The van der Waals surface area contributed by atoms with E-state index in [0.29, 0.717) is 17.2 Å². The summed E-state index contributed by atoms with van der Waals surface area (Å²) in [4.78, 5) is 0. The molecule has 0 aliphatic rings. The van der Waals surface area contributed by atoms with Crippen molar-refractivity contribution in [2.75, 3.05) is 5.73 Å². The zero-order valence-electron chi connectivity index (χ0n) is 14.1. The Morgan fingerprint density at radius 2 is 1.15 bits per heavy atom. The van der Waals surface area contributed by atoms with Gasteiger partial charge >= 0.3 is 6.18 Å². The van der Waals surface area contributed by atoms with Crippen LogP contribution in [0.3, 0.4) is 0 Å². The van der Waals surface area contributed by atoms with Gasteiger partial charge in [0.2, 0.25) is 0 Å². The number of alkyl halides is 3. The standard InChI is InChI=1S/C21H18F3NO/c1-20(21(22,23)24,15-5-3-2-4-6-15)16-7-11-18(12-8-16)26-19-13-9-17(25)10-14-19/h2-14H,25H2,1H3. The fourth-order valence-corrected chi connectivity index (χ4v) is 2.79. The molecule has 0 radical (unpaired) electrons. The van der Waals surface area contributed by atoms with Crippen molar-refractivity contribution < 1.29 is 17.9 Å². The van der Waals surface area contributed by atoms with Crippen molar-refractivity contribution in [3.05, 3.63) is 90.0 Å². The Morgan fingerprint density at radius 3 is 1.65 bits per heavy atom. The average molecular weight is 357 g/mol. The van der Waals surface area contributed by atoms with E-state index in [1.165, 1.54) is 31.2 Å². The third-order valence-electron chi connectivity index (χ3n) is 4.47. The zero-order valence-corrected chi connectivity index (χ0v) is 14.1. The van der Waals surface area contributed by atoms with Crippen LogP contribution < -0.4 is 10.5 Å². The maximum Gasteiger partial charge on any atom is 0.402 e. The summed E-state index contributed by atoms with van der Waals surface area (Å²) in [5.74, 6) is 1.02. The Bertz CT molecular complexity index is 859. The van der Waals surface area contributed by atoms with Gasteiger partial charge in [-0.05, 0) is 54.4 Å². The lowest BCUT2D eigenvalue weighted by Gasteiger charge is -2.33. The number of nitrogen functional groups attached to an aromatic ring is 1. The van der Waals surface area contributed by atoms with E-state index in [4.69, 9.17) is 10.5 Å².